The van der Waals surface area contributed by atoms with E-state index < -0.39 is 0 Å². The third-order valence-corrected chi connectivity index (χ3v) is 3.87. The fraction of sp³-hybridized carbons (Fsp3) is 0.538. The Morgan fingerprint density at radius 3 is 3.00 bits per heavy atom. The maximum Gasteiger partial charge on any atom is 0.256 e. The van der Waals surface area contributed by atoms with E-state index in [0.717, 1.165) is 16.7 Å². The first kappa shape index (κ1) is 13.5. The Balaban J connectivity index is 2.24. The Hall–Kier alpha value is -0.940. The number of rotatable bonds is 2. The van der Waals surface area contributed by atoms with Crippen molar-refractivity contribution in [1.29, 1.82) is 0 Å². The average molecular weight is 313 g/mol. The molecule has 1 aromatic heterocycles. The van der Waals surface area contributed by atoms with E-state index in [0.29, 0.717) is 25.3 Å². The van der Waals surface area contributed by atoms with Crippen LogP contribution in [0.1, 0.15) is 21.7 Å². The van der Waals surface area contributed by atoms with Crippen LogP contribution >= 0.6 is 15.9 Å². The molecule has 1 fully saturated rings. The molecule has 0 aromatic carbocycles. The van der Waals surface area contributed by atoms with Gasteiger partial charge in [0.1, 0.15) is 0 Å². The molecule has 0 saturated carbocycles. The van der Waals surface area contributed by atoms with Gasteiger partial charge >= 0.3 is 0 Å². The van der Waals surface area contributed by atoms with Gasteiger partial charge in [0.2, 0.25) is 0 Å². The van der Waals surface area contributed by atoms with Gasteiger partial charge in [0, 0.05) is 17.6 Å². The molecule has 0 N–H and O–H groups in total. The Morgan fingerprint density at radius 1 is 1.56 bits per heavy atom. The molecular weight excluding hydrogens is 296 g/mol. The highest BCUT2D eigenvalue weighted by atomic mass is 79.9. The lowest BCUT2D eigenvalue weighted by Crippen LogP contribution is -2.49. The molecule has 18 heavy (non-hydrogen) atoms. The summed E-state index contributed by atoms with van der Waals surface area (Å²) in [5.41, 5.74) is 2.41. The standard InChI is InChI=1S/C13H17BrN2O2/c1-9-3-4-12(10(2)15-9)13(17)16-5-6-18-8-11(16)7-14/h3-4,11H,5-8H2,1-2H3. The number of morpholine rings is 1. The number of ether oxygens (including phenoxy) is 1. The second-order valence-corrected chi connectivity index (χ2v) is 5.11. The average Bonchev–Trinajstić information content (AvgIpc) is 2.38. The summed E-state index contributed by atoms with van der Waals surface area (Å²) >= 11 is 3.43. The first-order valence-electron chi connectivity index (χ1n) is 6.02. The lowest BCUT2D eigenvalue weighted by atomic mass is 10.1. The number of carbonyl (C=O) groups is 1. The molecule has 0 bridgehead atoms. The zero-order chi connectivity index (χ0) is 13.1. The molecule has 0 radical (unpaired) electrons. The Morgan fingerprint density at radius 2 is 2.33 bits per heavy atom. The molecule has 1 saturated heterocycles. The van der Waals surface area contributed by atoms with Crippen LogP contribution in [0.15, 0.2) is 12.1 Å². The molecule has 1 amide bonds. The zero-order valence-corrected chi connectivity index (χ0v) is 12.2. The van der Waals surface area contributed by atoms with Crippen molar-refractivity contribution in [2.45, 2.75) is 19.9 Å². The number of hydrogen-bond donors (Lipinski definition) is 0. The first-order chi connectivity index (χ1) is 8.63. The highest BCUT2D eigenvalue weighted by Gasteiger charge is 2.28. The summed E-state index contributed by atoms with van der Waals surface area (Å²) in [6.45, 7) is 5.65. The van der Waals surface area contributed by atoms with Crippen LogP contribution in [-0.4, -0.2) is 46.9 Å². The second kappa shape index (κ2) is 5.80. The topological polar surface area (TPSA) is 42.4 Å². The first-order valence-corrected chi connectivity index (χ1v) is 7.14. The molecule has 0 aliphatic carbocycles. The normalized spacial score (nSPS) is 19.9. The van der Waals surface area contributed by atoms with Crippen LogP contribution in [0.2, 0.25) is 0 Å². The molecule has 1 unspecified atom stereocenters. The van der Waals surface area contributed by atoms with E-state index in [9.17, 15) is 4.79 Å². The van der Waals surface area contributed by atoms with Gasteiger partial charge < -0.3 is 9.64 Å². The third kappa shape index (κ3) is 2.72. The number of halogens is 1. The van der Waals surface area contributed by atoms with E-state index in [1.54, 1.807) is 0 Å². The van der Waals surface area contributed by atoms with Crippen LogP contribution in [0, 0.1) is 13.8 Å². The number of amides is 1. The number of carbonyl (C=O) groups excluding carboxylic acids is 1. The SMILES string of the molecule is Cc1ccc(C(=O)N2CCOCC2CBr)c(C)n1. The number of alkyl halides is 1. The zero-order valence-electron chi connectivity index (χ0n) is 10.6. The van der Waals surface area contributed by atoms with Gasteiger partial charge in [-0.3, -0.25) is 9.78 Å². The maximum absolute atomic E-state index is 12.5. The second-order valence-electron chi connectivity index (χ2n) is 4.47. The summed E-state index contributed by atoms with van der Waals surface area (Å²) in [6.07, 6.45) is 0. The van der Waals surface area contributed by atoms with Crippen LogP contribution in [0.25, 0.3) is 0 Å². The fourth-order valence-corrected chi connectivity index (χ4v) is 2.65. The molecule has 5 heteroatoms. The van der Waals surface area contributed by atoms with Gasteiger partial charge in [0.05, 0.1) is 30.5 Å². The quantitative estimate of drug-likeness (QED) is 0.784. The van der Waals surface area contributed by atoms with Crippen molar-refractivity contribution in [3.05, 3.63) is 29.1 Å². The molecule has 98 valence electrons. The van der Waals surface area contributed by atoms with Gasteiger partial charge in [0.15, 0.2) is 0 Å². The third-order valence-electron chi connectivity index (χ3n) is 3.12. The van der Waals surface area contributed by atoms with Crippen molar-refractivity contribution in [1.82, 2.24) is 9.88 Å². The molecule has 1 aliphatic rings. The lowest BCUT2D eigenvalue weighted by Gasteiger charge is -2.34. The molecule has 2 rings (SSSR count). The minimum atomic E-state index is 0.0488. The summed E-state index contributed by atoms with van der Waals surface area (Å²) < 4.78 is 5.40. The molecule has 1 aromatic rings. The number of aryl methyl sites for hydroxylation is 2. The number of nitrogens with zero attached hydrogens (tertiary/aromatic N) is 2. The number of aromatic nitrogens is 1. The van der Waals surface area contributed by atoms with Gasteiger partial charge in [-0.1, -0.05) is 15.9 Å². The highest BCUT2D eigenvalue weighted by Crippen LogP contribution is 2.16. The van der Waals surface area contributed by atoms with Crippen molar-refractivity contribution < 1.29 is 9.53 Å². The Bertz CT molecular complexity index is 451. The molecule has 1 aliphatic heterocycles. The Kier molecular flexibility index (Phi) is 4.35. The number of hydrogen-bond acceptors (Lipinski definition) is 3. The smallest absolute Gasteiger partial charge is 0.256 e. The highest BCUT2D eigenvalue weighted by molar-refractivity contribution is 9.09. The molecular formula is C13H17BrN2O2. The van der Waals surface area contributed by atoms with Gasteiger partial charge in [-0.05, 0) is 26.0 Å². The van der Waals surface area contributed by atoms with Gasteiger partial charge in [-0.2, -0.15) is 0 Å². The van der Waals surface area contributed by atoms with E-state index in [4.69, 9.17) is 4.74 Å². The van der Waals surface area contributed by atoms with Gasteiger partial charge in [-0.25, -0.2) is 0 Å². The van der Waals surface area contributed by atoms with Crippen LogP contribution in [0.4, 0.5) is 0 Å². The number of pyridine rings is 1. The van der Waals surface area contributed by atoms with Crippen molar-refractivity contribution >= 4 is 21.8 Å². The monoisotopic (exact) mass is 312 g/mol. The summed E-state index contributed by atoms with van der Waals surface area (Å²) in [6, 6.07) is 3.84. The lowest BCUT2D eigenvalue weighted by molar-refractivity contribution is 0.00518. The molecule has 0 spiro atoms. The fourth-order valence-electron chi connectivity index (χ4n) is 2.12. The van der Waals surface area contributed by atoms with Crippen molar-refractivity contribution in [3.8, 4) is 0 Å². The minimum absolute atomic E-state index is 0.0488. The maximum atomic E-state index is 12.5. The van der Waals surface area contributed by atoms with Crippen molar-refractivity contribution in [2.24, 2.45) is 0 Å². The summed E-state index contributed by atoms with van der Waals surface area (Å²) in [7, 11) is 0. The van der Waals surface area contributed by atoms with E-state index >= 15 is 0 Å². The van der Waals surface area contributed by atoms with Crippen molar-refractivity contribution in [2.75, 3.05) is 25.1 Å². The predicted molar refractivity (Wildman–Crippen MR) is 73.1 cm³/mol. The molecule has 4 nitrogen and oxygen atoms in total. The van der Waals surface area contributed by atoms with Crippen molar-refractivity contribution in [3.63, 3.8) is 0 Å². The summed E-state index contributed by atoms with van der Waals surface area (Å²) in [4.78, 5) is 18.7. The van der Waals surface area contributed by atoms with E-state index in [1.807, 2.05) is 30.9 Å². The van der Waals surface area contributed by atoms with Gasteiger partial charge in [-0.15, -0.1) is 0 Å². The minimum Gasteiger partial charge on any atom is -0.377 e. The van der Waals surface area contributed by atoms with Crippen LogP contribution in [-0.2, 0) is 4.74 Å². The van der Waals surface area contributed by atoms with E-state index in [2.05, 4.69) is 20.9 Å². The predicted octanol–water partition coefficient (Wildman–Crippen LogP) is 1.93. The summed E-state index contributed by atoms with van der Waals surface area (Å²) in [5.74, 6) is 0.0488. The molecule has 2 heterocycles. The van der Waals surface area contributed by atoms with Crippen LogP contribution < -0.4 is 0 Å². The van der Waals surface area contributed by atoms with Crippen LogP contribution in [0.3, 0.4) is 0 Å². The summed E-state index contributed by atoms with van der Waals surface area (Å²) in [5, 5.41) is 0.733. The largest absolute Gasteiger partial charge is 0.377 e. The Labute approximate surface area is 115 Å². The van der Waals surface area contributed by atoms with E-state index in [-0.39, 0.29) is 11.9 Å². The molecule has 1 atom stereocenters. The van der Waals surface area contributed by atoms with E-state index in [1.165, 1.54) is 0 Å². The van der Waals surface area contributed by atoms with Gasteiger partial charge in [0.25, 0.3) is 5.91 Å². The van der Waals surface area contributed by atoms with Crippen LogP contribution in [0.5, 0.6) is 0 Å².